The third kappa shape index (κ3) is 3.20. The summed E-state index contributed by atoms with van der Waals surface area (Å²) in [6.07, 6.45) is 0.476. The van der Waals surface area contributed by atoms with Gasteiger partial charge in [-0.1, -0.05) is 30.3 Å². The molecular formula is C19H21NO5S. The van der Waals surface area contributed by atoms with E-state index in [2.05, 4.69) is 0 Å². The van der Waals surface area contributed by atoms with Gasteiger partial charge in [0, 0.05) is 13.1 Å². The van der Waals surface area contributed by atoms with E-state index in [-0.39, 0.29) is 30.8 Å². The van der Waals surface area contributed by atoms with E-state index in [4.69, 9.17) is 4.74 Å². The van der Waals surface area contributed by atoms with E-state index in [9.17, 15) is 18.3 Å². The molecular weight excluding hydrogens is 354 g/mol. The summed E-state index contributed by atoms with van der Waals surface area (Å²) in [5, 5.41) is 9.82. The molecule has 2 aromatic carbocycles. The van der Waals surface area contributed by atoms with Gasteiger partial charge in [0.15, 0.2) is 0 Å². The van der Waals surface area contributed by atoms with Crippen LogP contribution in [0, 0.1) is 0 Å². The molecule has 0 aliphatic carbocycles. The fourth-order valence-electron chi connectivity index (χ4n) is 3.39. The minimum Gasteiger partial charge on any atom is -0.497 e. The average molecular weight is 375 g/mol. The Labute approximate surface area is 153 Å². The standard InChI is InChI=1S/C19H21NO5S/c1-25-16-7-9-17(10-8-16)26(23,24)20-13-11-19(12-14-20,18(21)22)15-5-3-2-4-6-15/h2-10H,11-14H2,1H3,(H,21,22). The highest BCUT2D eigenvalue weighted by Crippen LogP contribution is 2.37. The lowest BCUT2D eigenvalue weighted by Crippen LogP contribution is -2.49. The van der Waals surface area contributed by atoms with Crippen molar-refractivity contribution in [3.8, 4) is 5.75 Å². The first kappa shape index (κ1) is 18.4. The molecule has 0 bridgehead atoms. The molecule has 0 aromatic heterocycles. The maximum atomic E-state index is 12.8. The number of carbonyl (C=O) groups is 1. The molecule has 26 heavy (non-hydrogen) atoms. The fourth-order valence-corrected chi connectivity index (χ4v) is 4.83. The number of piperidine rings is 1. The van der Waals surface area contributed by atoms with Crippen molar-refractivity contribution in [3.63, 3.8) is 0 Å². The molecule has 2 aromatic rings. The molecule has 0 radical (unpaired) electrons. The molecule has 0 saturated carbocycles. The number of rotatable bonds is 5. The molecule has 3 rings (SSSR count). The van der Waals surface area contributed by atoms with E-state index in [1.807, 2.05) is 6.07 Å². The lowest BCUT2D eigenvalue weighted by Gasteiger charge is -2.38. The molecule has 0 unspecified atom stereocenters. The number of hydrogen-bond donors (Lipinski definition) is 1. The van der Waals surface area contributed by atoms with Crippen LogP contribution >= 0.6 is 0 Å². The third-order valence-corrected chi connectivity index (χ3v) is 6.92. The minimum atomic E-state index is -3.66. The smallest absolute Gasteiger partial charge is 0.314 e. The minimum absolute atomic E-state index is 0.162. The van der Waals surface area contributed by atoms with Gasteiger partial charge in [0.1, 0.15) is 5.75 Å². The molecule has 1 N–H and O–H groups in total. The van der Waals surface area contributed by atoms with E-state index >= 15 is 0 Å². The van der Waals surface area contributed by atoms with Crippen molar-refractivity contribution in [1.82, 2.24) is 4.31 Å². The first-order valence-electron chi connectivity index (χ1n) is 8.33. The van der Waals surface area contributed by atoms with E-state index in [0.717, 1.165) is 0 Å². The lowest BCUT2D eigenvalue weighted by atomic mass is 9.73. The number of hydrogen-bond acceptors (Lipinski definition) is 4. The van der Waals surface area contributed by atoms with Crippen LogP contribution in [0.4, 0.5) is 0 Å². The van der Waals surface area contributed by atoms with Crippen LogP contribution in [0.5, 0.6) is 5.75 Å². The maximum absolute atomic E-state index is 12.8. The van der Waals surface area contributed by atoms with Crippen LogP contribution in [0.1, 0.15) is 18.4 Å². The molecule has 7 heteroatoms. The molecule has 1 fully saturated rings. The zero-order valence-corrected chi connectivity index (χ0v) is 15.3. The lowest BCUT2D eigenvalue weighted by molar-refractivity contribution is -0.145. The van der Waals surface area contributed by atoms with Gasteiger partial charge < -0.3 is 9.84 Å². The number of carboxylic acid groups (broad SMARTS) is 1. The predicted octanol–water partition coefficient (Wildman–Crippen LogP) is 2.50. The Morgan fingerprint density at radius 2 is 1.62 bits per heavy atom. The molecule has 0 spiro atoms. The average Bonchev–Trinajstić information content (AvgIpc) is 2.68. The van der Waals surface area contributed by atoms with Crippen molar-refractivity contribution in [2.45, 2.75) is 23.2 Å². The first-order valence-corrected chi connectivity index (χ1v) is 9.77. The van der Waals surface area contributed by atoms with Crippen molar-refractivity contribution in [1.29, 1.82) is 0 Å². The zero-order chi connectivity index (χ0) is 18.8. The number of ether oxygens (including phenoxy) is 1. The number of benzene rings is 2. The summed E-state index contributed by atoms with van der Waals surface area (Å²) < 4.78 is 32.1. The fraction of sp³-hybridized carbons (Fsp3) is 0.316. The molecule has 1 aliphatic rings. The quantitative estimate of drug-likeness (QED) is 0.868. The summed E-state index contributed by atoms with van der Waals surface area (Å²) in [4.78, 5) is 12.2. The van der Waals surface area contributed by atoms with Gasteiger partial charge >= 0.3 is 5.97 Å². The Morgan fingerprint density at radius 3 is 2.12 bits per heavy atom. The molecule has 1 heterocycles. The van der Waals surface area contributed by atoms with Gasteiger partial charge in [0.2, 0.25) is 10.0 Å². The number of aliphatic carboxylic acids is 1. The Balaban J connectivity index is 1.83. The normalized spacial score (nSPS) is 17.6. The van der Waals surface area contributed by atoms with Crippen LogP contribution in [-0.2, 0) is 20.2 Å². The first-order chi connectivity index (χ1) is 12.4. The van der Waals surface area contributed by atoms with Gasteiger partial charge in [-0.25, -0.2) is 8.42 Å². The summed E-state index contributed by atoms with van der Waals surface area (Å²) in [5.41, 5.74) is -0.332. The van der Waals surface area contributed by atoms with Crippen molar-refractivity contribution in [2.75, 3.05) is 20.2 Å². The second kappa shape index (κ2) is 7.09. The predicted molar refractivity (Wildman–Crippen MR) is 96.7 cm³/mol. The Morgan fingerprint density at radius 1 is 1.04 bits per heavy atom. The number of sulfonamides is 1. The summed E-state index contributed by atoms with van der Waals surface area (Å²) in [5.74, 6) is -0.332. The van der Waals surface area contributed by atoms with Crippen molar-refractivity contribution in [3.05, 3.63) is 60.2 Å². The van der Waals surface area contributed by atoms with Crippen LogP contribution in [0.15, 0.2) is 59.5 Å². The van der Waals surface area contributed by atoms with Crippen molar-refractivity contribution >= 4 is 16.0 Å². The van der Waals surface area contributed by atoms with Crippen LogP contribution < -0.4 is 4.74 Å². The zero-order valence-electron chi connectivity index (χ0n) is 14.5. The summed E-state index contributed by atoms with van der Waals surface area (Å²) in [6.45, 7) is 0.325. The summed E-state index contributed by atoms with van der Waals surface area (Å²) in [7, 11) is -2.14. The highest BCUT2D eigenvalue weighted by molar-refractivity contribution is 7.89. The Hall–Kier alpha value is -2.38. The maximum Gasteiger partial charge on any atom is 0.314 e. The van der Waals surface area contributed by atoms with E-state index in [0.29, 0.717) is 11.3 Å². The molecule has 1 aliphatic heterocycles. The largest absolute Gasteiger partial charge is 0.497 e. The SMILES string of the molecule is COc1ccc(S(=O)(=O)N2CCC(C(=O)O)(c3ccccc3)CC2)cc1. The summed E-state index contributed by atoms with van der Waals surface area (Å²) in [6, 6.07) is 15.2. The topological polar surface area (TPSA) is 83.9 Å². The van der Waals surface area contributed by atoms with Gasteiger partial charge in [-0.3, -0.25) is 4.79 Å². The van der Waals surface area contributed by atoms with E-state index < -0.39 is 21.4 Å². The molecule has 6 nitrogen and oxygen atoms in total. The highest BCUT2D eigenvalue weighted by Gasteiger charge is 2.45. The van der Waals surface area contributed by atoms with Crippen LogP contribution in [0.3, 0.4) is 0 Å². The van der Waals surface area contributed by atoms with Crippen molar-refractivity contribution < 1.29 is 23.1 Å². The molecule has 138 valence electrons. The number of methoxy groups -OCH3 is 1. The van der Waals surface area contributed by atoms with E-state index in [1.165, 1.54) is 23.5 Å². The van der Waals surface area contributed by atoms with Crippen molar-refractivity contribution in [2.24, 2.45) is 0 Å². The van der Waals surface area contributed by atoms with Gasteiger partial charge in [-0.15, -0.1) is 0 Å². The van der Waals surface area contributed by atoms with Gasteiger partial charge in [-0.05, 0) is 42.7 Å². The third-order valence-electron chi connectivity index (χ3n) is 5.01. The second-order valence-electron chi connectivity index (χ2n) is 6.33. The monoisotopic (exact) mass is 375 g/mol. The van der Waals surface area contributed by atoms with Crippen LogP contribution in [0.2, 0.25) is 0 Å². The Bertz CT molecular complexity index is 870. The van der Waals surface area contributed by atoms with E-state index in [1.54, 1.807) is 36.4 Å². The highest BCUT2D eigenvalue weighted by atomic mass is 32.2. The number of nitrogens with zero attached hydrogens (tertiary/aromatic N) is 1. The van der Waals surface area contributed by atoms with Gasteiger partial charge in [0.05, 0.1) is 17.4 Å². The summed E-state index contributed by atoms with van der Waals surface area (Å²) >= 11 is 0. The molecule has 1 saturated heterocycles. The van der Waals surface area contributed by atoms with Gasteiger partial charge in [-0.2, -0.15) is 4.31 Å². The van der Waals surface area contributed by atoms with Crippen LogP contribution in [0.25, 0.3) is 0 Å². The molecule has 0 amide bonds. The number of carboxylic acids is 1. The van der Waals surface area contributed by atoms with Crippen LogP contribution in [-0.4, -0.2) is 44.0 Å². The Kier molecular flexibility index (Phi) is 5.02. The molecule has 0 atom stereocenters. The second-order valence-corrected chi connectivity index (χ2v) is 8.27. The van der Waals surface area contributed by atoms with Gasteiger partial charge in [0.25, 0.3) is 0 Å².